The molecule has 0 aliphatic carbocycles. The van der Waals surface area contributed by atoms with Crippen molar-refractivity contribution < 1.29 is 19.1 Å². The first-order valence-corrected chi connectivity index (χ1v) is 6.02. The van der Waals surface area contributed by atoms with Crippen molar-refractivity contribution in [3.05, 3.63) is 0 Å². The molecular formula is C11H17N3O4. The van der Waals surface area contributed by atoms with Gasteiger partial charge in [0.15, 0.2) is 0 Å². The van der Waals surface area contributed by atoms with Crippen molar-refractivity contribution in [2.24, 2.45) is 5.73 Å². The fourth-order valence-corrected chi connectivity index (χ4v) is 2.23. The number of rotatable bonds is 2. The maximum absolute atomic E-state index is 12.2. The van der Waals surface area contributed by atoms with Gasteiger partial charge in [-0.05, 0) is 19.8 Å². The Morgan fingerprint density at radius 3 is 2.83 bits per heavy atom. The largest absolute Gasteiger partial charge is 0.364 e. The summed E-state index contributed by atoms with van der Waals surface area (Å²) in [5.41, 5.74) is 5.48. The van der Waals surface area contributed by atoms with Gasteiger partial charge in [0, 0.05) is 6.54 Å². The molecule has 0 saturated carbocycles. The summed E-state index contributed by atoms with van der Waals surface area (Å²) < 4.78 is 5.49. The number of nitrogens with zero attached hydrogens (tertiary/aromatic N) is 1. The molecule has 7 nitrogen and oxygen atoms in total. The molecule has 0 spiro atoms. The van der Waals surface area contributed by atoms with Gasteiger partial charge in [0.1, 0.15) is 18.7 Å². The number of nitrogens with two attached hydrogens (primary N) is 1. The van der Waals surface area contributed by atoms with E-state index in [1.165, 1.54) is 4.90 Å². The summed E-state index contributed by atoms with van der Waals surface area (Å²) in [6.07, 6.45) is 0.623. The van der Waals surface area contributed by atoms with Crippen molar-refractivity contribution in [2.75, 3.05) is 13.1 Å². The topological polar surface area (TPSA) is 102 Å². The van der Waals surface area contributed by atoms with Crippen LogP contribution in [0.2, 0.25) is 0 Å². The molecule has 2 aliphatic heterocycles. The van der Waals surface area contributed by atoms with Crippen molar-refractivity contribution in [3.63, 3.8) is 0 Å². The third kappa shape index (κ3) is 2.37. The van der Waals surface area contributed by atoms with Gasteiger partial charge in [-0.25, -0.2) is 0 Å². The van der Waals surface area contributed by atoms with Crippen LogP contribution in [0, 0.1) is 0 Å². The summed E-state index contributed by atoms with van der Waals surface area (Å²) in [5.74, 6) is -1.21. The highest BCUT2D eigenvalue weighted by atomic mass is 16.5. The summed E-state index contributed by atoms with van der Waals surface area (Å²) in [4.78, 5) is 36.2. The van der Waals surface area contributed by atoms with Crippen molar-refractivity contribution in [2.45, 2.75) is 38.0 Å². The molecule has 3 N–H and O–H groups in total. The van der Waals surface area contributed by atoms with Crippen molar-refractivity contribution in [1.29, 1.82) is 0 Å². The first kappa shape index (κ1) is 13.0. The van der Waals surface area contributed by atoms with Gasteiger partial charge in [-0.3, -0.25) is 19.7 Å². The Labute approximate surface area is 105 Å². The minimum atomic E-state index is -0.643. The van der Waals surface area contributed by atoms with Gasteiger partial charge in [0.05, 0.1) is 6.10 Å². The number of amides is 3. The van der Waals surface area contributed by atoms with E-state index in [1.807, 2.05) is 0 Å². The fourth-order valence-electron chi connectivity index (χ4n) is 2.23. The van der Waals surface area contributed by atoms with Crippen molar-refractivity contribution >= 4 is 17.7 Å². The number of piperazine rings is 1. The van der Waals surface area contributed by atoms with Crippen LogP contribution in [0.25, 0.3) is 0 Å². The number of hydrogen-bond acceptors (Lipinski definition) is 5. The van der Waals surface area contributed by atoms with E-state index in [0.29, 0.717) is 13.0 Å². The molecule has 2 saturated heterocycles. The maximum atomic E-state index is 12.2. The summed E-state index contributed by atoms with van der Waals surface area (Å²) in [5, 5.41) is 2.19. The van der Waals surface area contributed by atoms with Gasteiger partial charge >= 0.3 is 0 Å². The lowest BCUT2D eigenvalue weighted by Gasteiger charge is -2.33. The van der Waals surface area contributed by atoms with E-state index in [1.54, 1.807) is 6.92 Å². The fraction of sp³-hybridized carbons (Fsp3) is 0.727. The van der Waals surface area contributed by atoms with Crippen LogP contribution < -0.4 is 11.1 Å². The summed E-state index contributed by atoms with van der Waals surface area (Å²) >= 11 is 0. The van der Waals surface area contributed by atoms with Gasteiger partial charge in [-0.2, -0.15) is 0 Å². The molecule has 7 heteroatoms. The Morgan fingerprint density at radius 1 is 1.50 bits per heavy atom. The second kappa shape index (κ2) is 5.03. The third-order valence-electron chi connectivity index (χ3n) is 3.35. The van der Waals surface area contributed by atoms with E-state index in [0.717, 1.165) is 6.42 Å². The Hall–Kier alpha value is -1.47. The number of imide groups is 1. The average molecular weight is 255 g/mol. The molecule has 3 unspecified atom stereocenters. The molecule has 2 rings (SSSR count). The van der Waals surface area contributed by atoms with E-state index in [-0.39, 0.29) is 18.6 Å². The second-order valence-corrected chi connectivity index (χ2v) is 4.61. The summed E-state index contributed by atoms with van der Waals surface area (Å²) in [6.45, 7) is 1.87. The number of hydrogen-bond donors (Lipinski definition) is 2. The summed E-state index contributed by atoms with van der Waals surface area (Å²) in [7, 11) is 0. The normalized spacial score (nSPS) is 32.6. The molecule has 0 aromatic carbocycles. The van der Waals surface area contributed by atoms with Crippen LogP contribution in [0.4, 0.5) is 0 Å². The Balaban J connectivity index is 2.04. The molecule has 2 aliphatic rings. The second-order valence-electron chi connectivity index (χ2n) is 4.61. The molecule has 3 amide bonds. The molecule has 0 aromatic rings. The Kier molecular flexibility index (Phi) is 3.63. The lowest BCUT2D eigenvalue weighted by atomic mass is 10.1. The standard InChI is InChI=1S/C11H17N3O4/c1-6-10(16)13-9(15)5-14(6)11(17)8-3-2-7(4-12)18-8/h6-8H,2-5,12H2,1H3,(H,13,15,16). The molecule has 0 aromatic heterocycles. The number of carbonyl (C=O) groups excluding carboxylic acids is 3. The first-order chi connectivity index (χ1) is 8.52. The van der Waals surface area contributed by atoms with Crippen LogP contribution in [0.5, 0.6) is 0 Å². The maximum Gasteiger partial charge on any atom is 0.252 e. The van der Waals surface area contributed by atoms with Gasteiger partial charge in [0.25, 0.3) is 5.91 Å². The lowest BCUT2D eigenvalue weighted by molar-refractivity contribution is -0.155. The van der Waals surface area contributed by atoms with E-state index in [9.17, 15) is 14.4 Å². The smallest absolute Gasteiger partial charge is 0.252 e. The average Bonchev–Trinajstić information content (AvgIpc) is 2.81. The van der Waals surface area contributed by atoms with Crippen molar-refractivity contribution in [1.82, 2.24) is 10.2 Å². The highest BCUT2D eigenvalue weighted by Crippen LogP contribution is 2.22. The number of nitrogens with one attached hydrogen (secondary N) is 1. The Bertz CT molecular complexity index is 384. The third-order valence-corrected chi connectivity index (χ3v) is 3.35. The predicted molar refractivity (Wildman–Crippen MR) is 61.3 cm³/mol. The first-order valence-electron chi connectivity index (χ1n) is 6.02. The molecule has 100 valence electrons. The predicted octanol–water partition coefficient (Wildman–Crippen LogP) is -1.63. The van der Waals surface area contributed by atoms with E-state index < -0.39 is 24.0 Å². The summed E-state index contributed by atoms with van der Waals surface area (Å²) in [6, 6.07) is -0.643. The zero-order chi connectivity index (χ0) is 13.3. The van der Waals surface area contributed by atoms with E-state index >= 15 is 0 Å². The highest BCUT2D eigenvalue weighted by Gasteiger charge is 2.39. The Morgan fingerprint density at radius 2 is 2.22 bits per heavy atom. The van der Waals surface area contributed by atoms with Crippen LogP contribution in [0.15, 0.2) is 0 Å². The highest BCUT2D eigenvalue weighted by molar-refractivity contribution is 6.04. The number of ether oxygens (including phenoxy) is 1. The molecule has 2 fully saturated rings. The lowest BCUT2D eigenvalue weighted by Crippen LogP contribution is -2.60. The minimum Gasteiger partial charge on any atom is -0.364 e. The number of carbonyl (C=O) groups is 3. The zero-order valence-corrected chi connectivity index (χ0v) is 10.2. The zero-order valence-electron chi connectivity index (χ0n) is 10.2. The van der Waals surface area contributed by atoms with Gasteiger partial charge < -0.3 is 15.4 Å². The molecule has 0 radical (unpaired) electrons. The van der Waals surface area contributed by atoms with Crippen LogP contribution in [0.1, 0.15) is 19.8 Å². The van der Waals surface area contributed by atoms with Gasteiger partial charge in [-0.15, -0.1) is 0 Å². The molecule has 18 heavy (non-hydrogen) atoms. The van der Waals surface area contributed by atoms with Gasteiger partial charge in [0.2, 0.25) is 11.8 Å². The van der Waals surface area contributed by atoms with Crippen LogP contribution in [0.3, 0.4) is 0 Å². The minimum absolute atomic E-state index is 0.0983. The SMILES string of the molecule is CC1C(=O)NC(=O)CN1C(=O)C1CCC(CN)O1. The van der Waals surface area contributed by atoms with Crippen LogP contribution >= 0.6 is 0 Å². The van der Waals surface area contributed by atoms with Crippen LogP contribution in [-0.2, 0) is 19.1 Å². The molecular weight excluding hydrogens is 238 g/mol. The van der Waals surface area contributed by atoms with E-state index in [4.69, 9.17) is 10.5 Å². The molecule has 2 heterocycles. The van der Waals surface area contributed by atoms with E-state index in [2.05, 4.69) is 5.32 Å². The van der Waals surface area contributed by atoms with Gasteiger partial charge in [-0.1, -0.05) is 0 Å². The van der Waals surface area contributed by atoms with Crippen LogP contribution in [-0.4, -0.2) is 54.0 Å². The monoisotopic (exact) mass is 255 g/mol. The quantitative estimate of drug-likeness (QED) is 0.577. The molecule has 0 bridgehead atoms. The van der Waals surface area contributed by atoms with Crippen molar-refractivity contribution in [3.8, 4) is 0 Å². The molecule has 3 atom stereocenters.